The molecule has 76 valence electrons. The van der Waals surface area contributed by atoms with Crippen molar-refractivity contribution in [2.45, 2.75) is 5.92 Å². The first-order valence-electron chi connectivity index (χ1n) is 4.58. The van der Waals surface area contributed by atoms with Crippen LogP contribution in [0.5, 0.6) is 0 Å². The van der Waals surface area contributed by atoms with Crippen LogP contribution in [0.4, 0.5) is 4.39 Å². The van der Waals surface area contributed by atoms with Gasteiger partial charge in [0, 0.05) is 17.8 Å². The van der Waals surface area contributed by atoms with Crippen molar-refractivity contribution in [3.63, 3.8) is 0 Å². The Kier molecular flexibility index (Phi) is 2.49. The molecule has 1 heterocycles. The number of hydrogen-bond donors (Lipinski definition) is 0. The molecule has 0 unspecified atom stereocenters. The van der Waals surface area contributed by atoms with Crippen LogP contribution in [0.2, 0.25) is 0 Å². The van der Waals surface area contributed by atoms with Crippen molar-refractivity contribution in [2.24, 2.45) is 0 Å². The SMILES string of the molecule is N#CC(C#N)c1cc(F)cc2ccncc12. The van der Waals surface area contributed by atoms with E-state index in [4.69, 9.17) is 10.5 Å². The number of fused-ring (bicyclic) bond motifs is 1. The maximum atomic E-state index is 13.3. The lowest BCUT2D eigenvalue weighted by Gasteiger charge is -2.06. The minimum absolute atomic E-state index is 0.369. The third-order valence-electron chi connectivity index (χ3n) is 2.32. The van der Waals surface area contributed by atoms with Gasteiger partial charge in [0.05, 0.1) is 12.1 Å². The average Bonchev–Trinajstić information content (AvgIpc) is 2.30. The van der Waals surface area contributed by atoms with Crippen LogP contribution in [-0.4, -0.2) is 4.98 Å². The van der Waals surface area contributed by atoms with Crippen molar-refractivity contribution < 1.29 is 4.39 Å². The standard InChI is InChI=1S/C12H6FN3/c13-10-3-8-1-2-16-7-12(8)11(4-10)9(5-14)6-15/h1-4,7,9H. The van der Waals surface area contributed by atoms with Gasteiger partial charge in [0.15, 0.2) is 5.92 Å². The van der Waals surface area contributed by atoms with Gasteiger partial charge in [-0.25, -0.2) is 4.39 Å². The maximum Gasteiger partial charge on any atom is 0.159 e. The van der Waals surface area contributed by atoms with Crippen LogP contribution in [0.15, 0.2) is 30.6 Å². The normalized spacial score (nSPS) is 10.0. The molecule has 0 bridgehead atoms. The second-order valence-electron chi connectivity index (χ2n) is 3.28. The molecule has 4 heteroatoms. The molecule has 0 N–H and O–H groups in total. The number of benzene rings is 1. The second kappa shape index (κ2) is 3.96. The number of nitriles is 2. The fourth-order valence-corrected chi connectivity index (χ4v) is 1.60. The molecule has 0 atom stereocenters. The fourth-order valence-electron chi connectivity index (χ4n) is 1.60. The van der Waals surface area contributed by atoms with Gasteiger partial charge >= 0.3 is 0 Å². The Morgan fingerprint density at radius 3 is 2.69 bits per heavy atom. The van der Waals surface area contributed by atoms with E-state index >= 15 is 0 Å². The number of aromatic nitrogens is 1. The van der Waals surface area contributed by atoms with Gasteiger partial charge in [0.1, 0.15) is 5.82 Å². The summed E-state index contributed by atoms with van der Waals surface area (Å²) in [7, 11) is 0. The van der Waals surface area contributed by atoms with Crippen LogP contribution >= 0.6 is 0 Å². The minimum Gasteiger partial charge on any atom is -0.264 e. The van der Waals surface area contributed by atoms with E-state index in [9.17, 15) is 4.39 Å². The third kappa shape index (κ3) is 1.57. The Hall–Kier alpha value is -2.46. The van der Waals surface area contributed by atoms with E-state index in [0.29, 0.717) is 16.3 Å². The summed E-state index contributed by atoms with van der Waals surface area (Å²) < 4.78 is 13.3. The lowest BCUT2D eigenvalue weighted by molar-refractivity contribution is 0.628. The molecule has 2 aromatic rings. The summed E-state index contributed by atoms with van der Waals surface area (Å²) in [5.41, 5.74) is 0.369. The molecule has 0 aliphatic carbocycles. The first-order valence-corrected chi connectivity index (χ1v) is 4.58. The molecule has 1 aromatic carbocycles. The number of halogens is 1. The van der Waals surface area contributed by atoms with Crippen LogP contribution in [0, 0.1) is 28.5 Å². The molecule has 16 heavy (non-hydrogen) atoms. The first-order chi connectivity index (χ1) is 7.76. The van der Waals surface area contributed by atoms with E-state index in [1.165, 1.54) is 18.3 Å². The van der Waals surface area contributed by atoms with Crippen molar-refractivity contribution in [2.75, 3.05) is 0 Å². The van der Waals surface area contributed by atoms with E-state index in [2.05, 4.69) is 4.98 Å². The van der Waals surface area contributed by atoms with Crippen molar-refractivity contribution in [1.29, 1.82) is 10.5 Å². The second-order valence-corrected chi connectivity index (χ2v) is 3.28. The average molecular weight is 211 g/mol. The predicted molar refractivity (Wildman–Crippen MR) is 55.7 cm³/mol. The molecule has 0 aliphatic heterocycles. The van der Waals surface area contributed by atoms with E-state index in [1.54, 1.807) is 12.3 Å². The van der Waals surface area contributed by atoms with Crippen molar-refractivity contribution >= 4 is 10.8 Å². The van der Waals surface area contributed by atoms with Crippen LogP contribution < -0.4 is 0 Å². The summed E-state index contributed by atoms with van der Waals surface area (Å²) in [6.07, 6.45) is 3.07. The van der Waals surface area contributed by atoms with Gasteiger partial charge in [-0.2, -0.15) is 10.5 Å². The molecule has 0 spiro atoms. The molecule has 0 fully saturated rings. The largest absolute Gasteiger partial charge is 0.264 e. The first kappa shape index (κ1) is 10.1. The van der Waals surface area contributed by atoms with E-state index in [1.807, 2.05) is 12.1 Å². The topological polar surface area (TPSA) is 60.5 Å². The van der Waals surface area contributed by atoms with Crippen LogP contribution in [-0.2, 0) is 0 Å². The van der Waals surface area contributed by atoms with Gasteiger partial charge in [-0.15, -0.1) is 0 Å². The highest BCUT2D eigenvalue weighted by Crippen LogP contribution is 2.25. The van der Waals surface area contributed by atoms with Crippen LogP contribution in [0.3, 0.4) is 0 Å². The Balaban J connectivity index is 2.79. The Labute approximate surface area is 91.4 Å². The van der Waals surface area contributed by atoms with Gasteiger partial charge < -0.3 is 0 Å². The molecule has 0 saturated heterocycles. The van der Waals surface area contributed by atoms with Crippen molar-refractivity contribution in [3.8, 4) is 12.1 Å². The number of pyridine rings is 1. The van der Waals surface area contributed by atoms with Gasteiger partial charge in [-0.1, -0.05) is 0 Å². The Morgan fingerprint density at radius 2 is 2.00 bits per heavy atom. The minimum atomic E-state index is -0.970. The number of rotatable bonds is 1. The summed E-state index contributed by atoms with van der Waals surface area (Å²) >= 11 is 0. The van der Waals surface area contributed by atoms with E-state index in [0.717, 1.165) is 0 Å². The summed E-state index contributed by atoms with van der Waals surface area (Å²) in [4.78, 5) is 3.91. The zero-order chi connectivity index (χ0) is 11.5. The molecule has 0 radical (unpaired) electrons. The molecule has 0 amide bonds. The highest BCUT2D eigenvalue weighted by Gasteiger charge is 2.14. The quantitative estimate of drug-likeness (QED) is 0.728. The summed E-state index contributed by atoms with van der Waals surface area (Å²) in [5.74, 6) is -1.42. The molecular formula is C12H6FN3. The van der Waals surface area contributed by atoms with Crippen molar-refractivity contribution in [1.82, 2.24) is 4.98 Å². The molecule has 0 aliphatic rings. The third-order valence-corrected chi connectivity index (χ3v) is 2.32. The highest BCUT2D eigenvalue weighted by atomic mass is 19.1. The molecule has 3 nitrogen and oxygen atoms in total. The molecule has 2 rings (SSSR count). The van der Waals surface area contributed by atoms with Crippen LogP contribution in [0.1, 0.15) is 11.5 Å². The van der Waals surface area contributed by atoms with Gasteiger partial charge in [-0.05, 0) is 29.1 Å². The number of hydrogen-bond acceptors (Lipinski definition) is 3. The van der Waals surface area contributed by atoms with E-state index in [-0.39, 0.29) is 0 Å². The fraction of sp³-hybridized carbons (Fsp3) is 0.0833. The maximum absolute atomic E-state index is 13.3. The zero-order valence-corrected chi connectivity index (χ0v) is 8.18. The van der Waals surface area contributed by atoms with Gasteiger partial charge in [0.25, 0.3) is 0 Å². The Bertz CT molecular complexity index is 608. The summed E-state index contributed by atoms with van der Waals surface area (Å²) in [6.45, 7) is 0. The smallest absolute Gasteiger partial charge is 0.159 e. The van der Waals surface area contributed by atoms with Gasteiger partial charge in [-0.3, -0.25) is 4.98 Å². The van der Waals surface area contributed by atoms with Crippen LogP contribution in [0.25, 0.3) is 10.8 Å². The monoisotopic (exact) mass is 211 g/mol. The molecular weight excluding hydrogens is 205 g/mol. The zero-order valence-electron chi connectivity index (χ0n) is 8.18. The predicted octanol–water partition coefficient (Wildman–Crippen LogP) is 2.50. The lowest BCUT2D eigenvalue weighted by Crippen LogP contribution is -1.95. The Morgan fingerprint density at radius 1 is 1.25 bits per heavy atom. The van der Waals surface area contributed by atoms with Gasteiger partial charge in [0.2, 0.25) is 0 Å². The highest BCUT2D eigenvalue weighted by molar-refractivity contribution is 5.86. The van der Waals surface area contributed by atoms with E-state index < -0.39 is 11.7 Å². The number of nitrogens with zero attached hydrogens (tertiary/aromatic N) is 3. The molecule has 1 aromatic heterocycles. The summed E-state index contributed by atoms with van der Waals surface area (Å²) in [6, 6.07) is 7.87. The molecule has 0 saturated carbocycles. The summed E-state index contributed by atoms with van der Waals surface area (Å²) in [5, 5.41) is 18.9. The van der Waals surface area contributed by atoms with Crippen molar-refractivity contribution in [3.05, 3.63) is 42.0 Å². The lowest BCUT2D eigenvalue weighted by atomic mass is 9.96.